The normalized spacial score (nSPS) is 11.1. The van der Waals surface area contributed by atoms with Crippen LogP contribution in [0.5, 0.6) is 5.75 Å². The molecule has 0 spiro atoms. The molecule has 0 aliphatic carbocycles. The average Bonchev–Trinajstić information content (AvgIpc) is 2.15. The third-order valence-electron chi connectivity index (χ3n) is 1.67. The van der Waals surface area contributed by atoms with Crippen molar-refractivity contribution in [1.29, 1.82) is 0 Å². The van der Waals surface area contributed by atoms with E-state index in [2.05, 4.69) is 4.74 Å². The molecule has 1 aromatic carbocycles. The van der Waals surface area contributed by atoms with Gasteiger partial charge in [-0.1, -0.05) is 18.2 Å². The van der Waals surface area contributed by atoms with Crippen LogP contribution in [0.25, 0.3) is 0 Å². The Bertz CT molecular complexity index is 349. The van der Waals surface area contributed by atoms with E-state index in [1.54, 1.807) is 0 Å². The zero-order valence-electron chi connectivity index (χ0n) is 7.34. The van der Waals surface area contributed by atoms with Crippen LogP contribution in [-0.4, -0.2) is 19.8 Å². The first kappa shape index (κ1) is 10.6. The molecule has 14 heavy (non-hydrogen) atoms. The third-order valence-corrected chi connectivity index (χ3v) is 1.67. The van der Waals surface area contributed by atoms with Gasteiger partial charge in [-0.25, -0.2) is 0 Å². The summed E-state index contributed by atoms with van der Waals surface area (Å²) in [6, 6.07) is 5.27. The first-order chi connectivity index (χ1) is 6.46. The maximum atomic E-state index is 12.1. The molecule has 0 fully saturated rings. The summed E-state index contributed by atoms with van der Waals surface area (Å²) in [5.74, 6) is -0.0586. The van der Waals surface area contributed by atoms with Gasteiger partial charge in [0.15, 0.2) is 0 Å². The second kappa shape index (κ2) is 3.73. The van der Waals surface area contributed by atoms with Crippen molar-refractivity contribution in [3.05, 3.63) is 29.8 Å². The number of halogens is 3. The summed E-state index contributed by atoms with van der Waals surface area (Å²) in [7, 11) is 1.22. The van der Waals surface area contributed by atoms with Gasteiger partial charge in [-0.05, 0) is 6.07 Å². The molecule has 2 nitrogen and oxygen atoms in total. The summed E-state index contributed by atoms with van der Waals surface area (Å²) in [5, 5.41) is 0. The number of carbonyl (C=O) groups is 1. The number of hydrogen-bond acceptors (Lipinski definition) is 2. The van der Waals surface area contributed by atoms with Crippen molar-refractivity contribution in [3.8, 4) is 5.75 Å². The summed E-state index contributed by atoms with van der Waals surface area (Å²) < 4.78 is 41.0. The fourth-order valence-electron chi connectivity index (χ4n) is 1.02. The number of benzene rings is 1. The van der Waals surface area contributed by atoms with Gasteiger partial charge in [-0.15, -0.1) is 0 Å². The molecule has 0 amide bonds. The Balaban J connectivity index is 3.13. The second-order valence-corrected chi connectivity index (χ2v) is 2.64. The monoisotopic (exact) mass is 203 g/mol. The average molecular weight is 203 g/mol. The van der Waals surface area contributed by atoms with Crippen molar-refractivity contribution in [1.82, 2.24) is 0 Å². The van der Waals surface area contributed by atoms with Crippen LogP contribution < -0.4 is 4.74 Å². The van der Waals surface area contributed by atoms with Gasteiger partial charge in [0.25, 0.3) is 0 Å². The standard InChI is InChI=1S/C8H7BF3O2/c1-14-7-5-3-2-4-6(7)8(13)9(10,11)12/h2-5H,1H3/q-1. The largest absolute Gasteiger partial charge is 0.549 e. The van der Waals surface area contributed by atoms with E-state index in [1.807, 2.05) is 0 Å². The zero-order valence-corrected chi connectivity index (χ0v) is 7.34. The molecule has 0 bridgehead atoms. The molecule has 0 atom stereocenters. The number of carbonyl (C=O) groups excluding carboxylic acids is 1. The fourth-order valence-corrected chi connectivity index (χ4v) is 1.02. The van der Waals surface area contributed by atoms with Crippen LogP contribution in [0.2, 0.25) is 0 Å². The van der Waals surface area contributed by atoms with Crippen LogP contribution in [-0.2, 0) is 0 Å². The quantitative estimate of drug-likeness (QED) is 0.704. The van der Waals surface area contributed by atoms with E-state index in [1.165, 1.54) is 25.3 Å². The van der Waals surface area contributed by atoms with Gasteiger partial charge in [-0.2, -0.15) is 0 Å². The molecule has 0 radical (unpaired) electrons. The lowest BCUT2D eigenvalue weighted by atomic mass is 9.79. The topological polar surface area (TPSA) is 26.3 Å². The summed E-state index contributed by atoms with van der Waals surface area (Å²) >= 11 is 0. The van der Waals surface area contributed by atoms with E-state index >= 15 is 0 Å². The smallest absolute Gasteiger partial charge is 0.496 e. The van der Waals surface area contributed by atoms with Crippen LogP contribution in [0.4, 0.5) is 12.9 Å². The summed E-state index contributed by atoms with van der Waals surface area (Å²) in [4.78, 5) is 10.9. The summed E-state index contributed by atoms with van der Waals surface area (Å²) in [5.41, 5.74) is -2.27. The maximum Gasteiger partial charge on any atom is 0.549 e. The second-order valence-electron chi connectivity index (χ2n) is 2.64. The zero-order chi connectivity index (χ0) is 10.8. The Hall–Kier alpha value is -1.46. The van der Waals surface area contributed by atoms with Gasteiger partial charge in [0.1, 0.15) is 11.4 Å². The number of ether oxygens (including phenoxy) is 1. The molecule has 0 N–H and O–H groups in total. The lowest BCUT2D eigenvalue weighted by Crippen LogP contribution is -2.29. The lowest BCUT2D eigenvalue weighted by molar-refractivity contribution is 0.102. The highest BCUT2D eigenvalue weighted by Crippen LogP contribution is 2.23. The molecule has 0 aromatic heterocycles. The Morgan fingerprint density at radius 2 is 1.86 bits per heavy atom. The van der Waals surface area contributed by atoms with E-state index in [9.17, 15) is 17.7 Å². The Labute approximate surface area is 78.7 Å². The van der Waals surface area contributed by atoms with Crippen LogP contribution in [0.3, 0.4) is 0 Å². The highest BCUT2D eigenvalue weighted by atomic mass is 19.4. The first-order valence-electron chi connectivity index (χ1n) is 3.84. The van der Waals surface area contributed by atoms with Crippen LogP contribution in [0.15, 0.2) is 24.3 Å². The first-order valence-corrected chi connectivity index (χ1v) is 3.84. The summed E-state index contributed by atoms with van der Waals surface area (Å²) in [6.07, 6.45) is 0. The van der Waals surface area contributed by atoms with Crippen LogP contribution >= 0.6 is 0 Å². The molecule has 0 aliphatic heterocycles. The minimum atomic E-state index is -5.50. The predicted molar refractivity (Wildman–Crippen MR) is 46.4 cm³/mol. The van der Waals surface area contributed by atoms with Crippen molar-refractivity contribution in [2.75, 3.05) is 7.11 Å². The van der Waals surface area contributed by atoms with E-state index in [4.69, 9.17) is 0 Å². The van der Waals surface area contributed by atoms with Gasteiger partial charge < -0.3 is 22.5 Å². The minimum Gasteiger partial charge on any atom is -0.496 e. The fraction of sp³-hybridized carbons (Fsp3) is 0.125. The third kappa shape index (κ3) is 2.07. The lowest BCUT2D eigenvalue weighted by Gasteiger charge is -2.14. The summed E-state index contributed by atoms with van der Waals surface area (Å²) in [6.45, 7) is -5.50. The number of hydrogen-bond donors (Lipinski definition) is 0. The highest BCUT2D eigenvalue weighted by Gasteiger charge is 2.35. The molecular formula is C8H7BF3O2-. The molecule has 0 unspecified atom stereocenters. The highest BCUT2D eigenvalue weighted by molar-refractivity contribution is 6.93. The van der Waals surface area contributed by atoms with Gasteiger partial charge in [0, 0.05) is 5.56 Å². The van der Waals surface area contributed by atoms with Crippen molar-refractivity contribution in [2.24, 2.45) is 0 Å². The molecule has 6 heteroatoms. The molecule has 0 saturated heterocycles. The van der Waals surface area contributed by atoms with Crippen LogP contribution in [0.1, 0.15) is 10.4 Å². The van der Waals surface area contributed by atoms with Crippen LogP contribution in [0, 0.1) is 0 Å². The molecular weight excluding hydrogens is 196 g/mol. The van der Waals surface area contributed by atoms with Gasteiger partial charge in [0.2, 0.25) is 0 Å². The van der Waals surface area contributed by atoms with E-state index in [-0.39, 0.29) is 5.75 Å². The number of para-hydroxylation sites is 1. The van der Waals surface area contributed by atoms with E-state index in [0.717, 1.165) is 6.07 Å². The molecule has 0 heterocycles. The van der Waals surface area contributed by atoms with Crippen molar-refractivity contribution in [3.63, 3.8) is 0 Å². The van der Waals surface area contributed by atoms with Crippen molar-refractivity contribution >= 4 is 12.7 Å². The van der Waals surface area contributed by atoms with Gasteiger partial charge in [-0.3, -0.25) is 0 Å². The van der Waals surface area contributed by atoms with Crippen molar-refractivity contribution in [2.45, 2.75) is 0 Å². The minimum absolute atomic E-state index is 0.0586. The molecule has 0 saturated carbocycles. The Kier molecular flexibility index (Phi) is 2.83. The maximum absolute atomic E-state index is 12.1. The Morgan fingerprint density at radius 1 is 1.29 bits per heavy atom. The Morgan fingerprint density at radius 3 is 2.36 bits per heavy atom. The molecule has 1 rings (SSSR count). The predicted octanol–water partition coefficient (Wildman–Crippen LogP) is 2.26. The van der Waals surface area contributed by atoms with Gasteiger partial charge in [0.05, 0.1) is 7.11 Å². The van der Waals surface area contributed by atoms with Crippen molar-refractivity contribution < 1.29 is 22.5 Å². The molecule has 1 aromatic rings. The van der Waals surface area contributed by atoms with Gasteiger partial charge >= 0.3 is 6.98 Å². The SMILES string of the molecule is COc1ccccc1C(=O)[B-](F)(F)F. The molecule has 76 valence electrons. The van der Waals surface area contributed by atoms with E-state index in [0.29, 0.717) is 0 Å². The number of methoxy groups -OCH3 is 1. The van der Waals surface area contributed by atoms with E-state index < -0.39 is 18.2 Å². The molecule has 0 aliphatic rings. The number of rotatable bonds is 3.